The first-order valence-electron chi connectivity index (χ1n) is 6.84. The fourth-order valence-electron chi connectivity index (χ4n) is 2.29. The van der Waals surface area contributed by atoms with Gasteiger partial charge in [0.1, 0.15) is 0 Å². The number of nitrogens with one attached hydrogen (secondary N) is 1. The Labute approximate surface area is 137 Å². The average Bonchev–Trinajstić information content (AvgIpc) is 2.78. The Hall–Kier alpha value is 0.840. The van der Waals surface area contributed by atoms with E-state index in [2.05, 4.69) is 77.0 Å². The Morgan fingerprint density at radius 1 is 1.42 bits per heavy atom. The molecule has 1 aliphatic rings. The molecule has 0 aliphatic carbocycles. The third kappa shape index (κ3) is 4.40. The van der Waals surface area contributed by atoms with E-state index >= 15 is 0 Å². The molecule has 0 radical (unpaired) electrons. The van der Waals surface area contributed by atoms with E-state index in [9.17, 15) is 0 Å². The number of halogens is 1. The van der Waals surface area contributed by atoms with Gasteiger partial charge in [0.15, 0.2) is 0 Å². The molecule has 108 valence electrons. The van der Waals surface area contributed by atoms with Gasteiger partial charge in [0.2, 0.25) is 0 Å². The third-order valence-corrected chi connectivity index (χ3v) is 9.09. The summed E-state index contributed by atoms with van der Waals surface area (Å²) in [6.45, 7) is 8.00. The Bertz CT molecular complexity index is 396. The van der Waals surface area contributed by atoms with Gasteiger partial charge in [-0.3, -0.25) is 0 Å². The molecular weight excluding hydrogens is 358 g/mol. The van der Waals surface area contributed by atoms with Crippen LogP contribution >= 0.6 is 50.8 Å². The highest BCUT2D eigenvalue weighted by Crippen LogP contribution is 2.38. The van der Waals surface area contributed by atoms with Crippen LogP contribution in [0.4, 0.5) is 0 Å². The van der Waals surface area contributed by atoms with E-state index in [-0.39, 0.29) is 0 Å². The fourth-order valence-corrected chi connectivity index (χ4v) is 6.99. The highest BCUT2D eigenvalue weighted by atomic mass is 79.9. The SMILES string of the molecule is CCNC(Cc1sccc1Br)C1CSC(C)C(C)S1. The van der Waals surface area contributed by atoms with Gasteiger partial charge in [0.25, 0.3) is 0 Å². The van der Waals surface area contributed by atoms with Gasteiger partial charge in [-0.2, -0.15) is 23.5 Å². The first-order valence-corrected chi connectivity index (χ1v) is 10.5. The quantitative estimate of drug-likeness (QED) is 0.798. The number of thiophene rings is 1. The van der Waals surface area contributed by atoms with Crippen molar-refractivity contribution in [2.45, 2.75) is 49.0 Å². The maximum atomic E-state index is 3.70. The minimum atomic E-state index is 0.590. The summed E-state index contributed by atoms with van der Waals surface area (Å²) in [6, 6.07) is 2.75. The molecule has 0 aromatic carbocycles. The number of hydrogen-bond acceptors (Lipinski definition) is 4. The first kappa shape index (κ1) is 16.2. The van der Waals surface area contributed by atoms with E-state index in [1.54, 1.807) is 0 Å². The van der Waals surface area contributed by atoms with Crippen LogP contribution in [0.1, 0.15) is 25.6 Å². The largest absolute Gasteiger partial charge is 0.313 e. The zero-order valence-corrected chi connectivity index (χ0v) is 15.7. The molecule has 1 N–H and O–H groups in total. The second-order valence-electron chi connectivity index (χ2n) is 4.98. The summed E-state index contributed by atoms with van der Waals surface area (Å²) in [6.07, 6.45) is 1.14. The lowest BCUT2D eigenvalue weighted by molar-refractivity contribution is 0.522. The standard InChI is InChI=1S/C14H22BrNS3/c1-4-16-12(7-13-11(15)5-6-17-13)14-8-18-9(2)10(3)19-14/h5-6,9-10,12,14,16H,4,7-8H2,1-3H3. The Balaban J connectivity index is 2.01. The summed E-state index contributed by atoms with van der Waals surface area (Å²) < 4.78 is 1.27. The molecule has 0 bridgehead atoms. The molecule has 1 fully saturated rings. The van der Waals surface area contributed by atoms with E-state index in [0.717, 1.165) is 28.7 Å². The normalized spacial score (nSPS) is 29.4. The monoisotopic (exact) mass is 379 g/mol. The van der Waals surface area contributed by atoms with Gasteiger partial charge < -0.3 is 5.32 Å². The summed E-state index contributed by atoms with van der Waals surface area (Å²) in [5.41, 5.74) is 0. The van der Waals surface area contributed by atoms with Crippen LogP contribution in [0.3, 0.4) is 0 Å². The molecule has 1 aromatic rings. The number of likely N-dealkylation sites (N-methyl/N-ethyl adjacent to an activating group) is 1. The van der Waals surface area contributed by atoms with E-state index in [1.165, 1.54) is 15.1 Å². The van der Waals surface area contributed by atoms with Gasteiger partial charge in [0.05, 0.1) is 0 Å². The lowest BCUT2D eigenvalue weighted by atomic mass is 10.1. The molecule has 5 heteroatoms. The topological polar surface area (TPSA) is 12.0 Å². The van der Waals surface area contributed by atoms with Gasteiger partial charge in [0, 0.05) is 36.9 Å². The van der Waals surface area contributed by atoms with Crippen molar-refractivity contribution < 1.29 is 0 Å². The Morgan fingerprint density at radius 3 is 2.79 bits per heavy atom. The molecular formula is C14H22BrNS3. The van der Waals surface area contributed by atoms with Gasteiger partial charge in [-0.15, -0.1) is 11.3 Å². The van der Waals surface area contributed by atoms with Crippen molar-refractivity contribution in [3.8, 4) is 0 Å². The smallest absolute Gasteiger partial charge is 0.0314 e. The summed E-state index contributed by atoms with van der Waals surface area (Å²) in [5.74, 6) is 1.27. The molecule has 1 aliphatic heterocycles. The zero-order valence-electron chi connectivity index (χ0n) is 11.7. The van der Waals surface area contributed by atoms with E-state index in [4.69, 9.17) is 0 Å². The molecule has 1 saturated heterocycles. The first-order chi connectivity index (χ1) is 9.11. The van der Waals surface area contributed by atoms with Crippen LogP contribution in [-0.2, 0) is 6.42 Å². The van der Waals surface area contributed by atoms with Gasteiger partial charge in [-0.1, -0.05) is 20.8 Å². The van der Waals surface area contributed by atoms with Crippen LogP contribution in [0, 0.1) is 0 Å². The predicted molar refractivity (Wildman–Crippen MR) is 95.9 cm³/mol. The minimum absolute atomic E-state index is 0.590. The molecule has 1 aromatic heterocycles. The molecule has 2 rings (SSSR count). The van der Waals surface area contributed by atoms with Crippen molar-refractivity contribution in [3.05, 3.63) is 20.8 Å². The highest BCUT2D eigenvalue weighted by molar-refractivity contribution is 9.10. The summed E-state index contributed by atoms with van der Waals surface area (Å²) in [4.78, 5) is 1.47. The molecule has 0 amide bonds. The zero-order chi connectivity index (χ0) is 13.8. The number of hydrogen-bond donors (Lipinski definition) is 1. The molecule has 0 spiro atoms. The van der Waals surface area contributed by atoms with Crippen LogP contribution in [0.15, 0.2) is 15.9 Å². The molecule has 4 unspecified atom stereocenters. The van der Waals surface area contributed by atoms with Gasteiger partial charge in [-0.25, -0.2) is 0 Å². The van der Waals surface area contributed by atoms with Crippen LogP contribution in [0.25, 0.3) is 0 Å². The molecule has 4 atom stereocenters. The lowest BCUT2D eigenvalue weighted by Gasteiger charge is -2.36. The number of thioether (sulfide) groups is 2. The van der Waals surface area contributed by atoms with Crippen molar-refractivity contribution >= 4 is 50.8 Å². The van der Waals surface area contributed by atoms with Crippen molar-refractivity contribution in [1.29, 1.82) is 0 Å². The highest BCUT2D eigenvalue weighted by Gasteiger charge is 2.31. The third-order valence-electron chi connectivity index (χ3n) is 3.59. The second-order valence-corrected chi connectivity index (χ2v) is 9.86. The van der Waals surface area contributed by atoms with Gasteiger partial charge >= 0.3 is 0 Å². The summed E-state index contributed by atoms with van der Waals surface area (Å²) >= 11 is 9.84. The minimum Gasteiger partial charge on any atom is -0.313 e. The van der Waals surface area contributed by atoms with Crippen LogP contribution in [-0.4, -0.2) is 34.1 Å². The molecule has 1 nitrogen and oxygen atoms in total. The van der Waals surface area contributed by atoms with Crippen molar-refractivity contribution in [2.75, 3.05) is 12.3 Å². The van der Waals surface area contributed by atoms with Gasteiger partial charge in [-0.05, 0) is 40.3 Å². The molecule has 0 saturated carbocycles. The van der Waals surface area contributed by atoms with Crippen molar-refractivity contribution in [1.82, 2.24) is 5.32 Å². The van der Waals surface area contributed by atoms with E-state index in [1.807, 2.05) is 11.3 Å². The van der Waals surface area contributed by atoms with Crippen molar-refractivity contribution in [2.24, 2.45) is 0 Å². The number of rotatable bonds is 5. The van der Waals surface area contributed by atoms with Crippen LogP contribution < -0.4 is 5.32 Å². The lowest BCUT2D eigenvalue weighted by Crippen LogP contribution is -2.44. The summed E-state index contributed by atoms with van der Waals surface area (Å²) in [7, 11) is 0. The van der Waals surface area contributed by atoms with Crippen LogP contribution in [0.5, 0.6) is 0 Å². The average molecular weight is 380 g/mol. The van der Waals surface area contributed by atoms with E-state index < -0.39 is 0 Å². The maximum absolute atomic E-state index is 3.70. The second kappa shape index (κ2) is 7.74. The molecule has 19 heavy (non-hydrogen) atoms. The maximum Gasteiger partial charge on any atom is 0.0314 e. The Morgan fingerprint density at radius 2 is 2.21 bits per heavy atom. The predicted octanol–water partition coefficient (Wildman–Crippen LogP) is 4.66. The van der Waals surface area contributed by atoms with E-state index in [0.29, 0.717) is 6.04 Å². The van der Waals surface area contributed by atoms with Crippen LogP contribution in [0.2, 0.25) is 0 Å². The Kier molecular flexibility index (Phi) is 6.60. The molecule has 2 heterocycles. The summed E-state index contributed by atoms with van der Waals surface area (Å²) in [5, 5.41) is 8.16. The fraction of sp³-hybridized carbons (Fsp3) is 0.714. The van der Waals surface area contributed by atoms with Crippen molar-refractivity contribution in [3.63, 3.8) is 0 Å².